The van der Waals surface area contributed by atoms with E-state index in [1.165, 1.54) is 24.1 Å². The molecule has 0 radical (unpaired) electrons. The second-order valence-corrected chi connectivity index (χ2v) is 6.96. The fraction of sp³-hybridized carbons (Fsp3) is 0.333. The van der Waals surface area contributed by atoms with Gasteiger partial charge in [-0.15, -0.1) is 11.8 Å². The van der Waals surface area contributed by atoms with Crippen LogP contribution in [0.25, 0.3) is 0 Å². The van der Waals surface area contributed by atoms with Gasteiger partial charge in [-0.25, -0.2) is 4.79 Å². The minimum absolute atomic E-state index is 0.0223. The Bertz CT molecular complexity index is 766. The van der Waals surface area contributed by atoms with Crippen LogP contribution in [0.1, 0.15) is 26.5 Å². The Morgan fingerprint density at radius 2 is 1.84 bits per heavy atom. The molecule has 1 aromatic carbocycles. The average Bonchev–Trinajstić information content (AvgIpc) is 3.09. The summed E-state index contributed by atoms with van der Waals surface area (Å²) in [6, 6.07) is 8.88. The maximum atomic E-state index is 12.8. The zero-order valence-electron chi connectivity index (χ0n) is 14.0. The predicted octanol–water partition coefficient (Wildman–Crippen LogP) is 2.66. The number of likely N-dealkylation sites (N-methyl/N-ethyl adjacent to an activating group) is 1. The van der Waals surface area contributed by atoms with Crippen LogP contribution in [0.3, 0.4) is 0 Å². The van der Waals surface area contributed by atoms with Crippen molar-refractivity contribution in [2.45, 2.75) is 10.6 Å². The summed E-state index contributed by atoms with van der Waals surface area (Å²) in [6.07, 6.45) is 1.38. The van der Waals surface area contributed by atoms with E-state index in [1.807, 2.05) is 29.2 Å². The van der Waals surface area contributed by atoms with Crippen LogP contribution in [0.5, 0.6) is 0 Å². The van der Waals surface area contributed by atoms with Gasteiger partial charge in [-0.05, 0) is 25.2 Å². The number of hydrogen-bond donors (Lipinski definition) is 1. The Morgan fingerprint density at radius 3 is 2.56 bits per heavy atom. The molecule has 1 N–H and O–H groups in total. The van der Waals surface area contributed by atoms with Crippen LogP contribution < -0.4 is 0 Å². The van der Waals surface area contributed by atoms with E-state index in [2.05, 4.69) is 11.9 Å². The third-order valence-electron chi connectivity index (χ3n) is 4.24. The third-order valence-corrected chi connectivity index (χ3v) is 5.32. The molecule has 25 heavy (non-hydrogen) atoms. The van der Waals surface area contributed by atoms with E-state index in [1.54, 1.807) is 0 Å². The van der Waals surface area contributed by atoms with Crippen molar-refractivity contribution in [3.8, 4) is 0 Å². The van der Waals surface area contributed by atoms with Gasteiger partial charge in [0.05, 0.1) is 17.6 Å². The number of benzene rings is 1. The molecule has 132 valence electrons. The van der Waals surface area contributed by atoms with Gasteiger partial charge < -0.3 is 19.3 Å². The van der Waals surface area contributed by atoms with Crippen molar-refractivity contribution in [1.29, 1.82) is 0 Å². The Labute approximate surface area is 150 Å². The summed E-state index contributed by atoms with van der Waals surface area (Å²) < 4.78 is 5.27. The van der Waals surface area contributed by atoms with Gasteiger partial charge in [-0.2, -0.15) is 0 Å². The smallest absolute Gasteiger partial charge is 0.339 e. The first kappa shape index (κ1) is 17.6. The Kier molecular flexibility index (Phi) is 5.45. The van der Waals surface area contributed by atoms with Crippen molar-refractivity contribution in [3.05, 3.63) is 53.5 Å². The second-order valence-electron chi connectivity index (χ2n) is 5.94. The number of carbonyl (C=O) groups is 2. The summed E-state index contributed by atoms with van der Waals surface area (Å²) in [7, 11) is 2.05. The quantitative estimate of drug-likeness (QED) is 0.827. The number of amides is 1. The van der Waals surface area contributed by atoms with Gasteiger partial charge in [0, 0.05) is 31.1 Å². The highest BCUT2D eigenvalue weighted by atomic mass is 32.2. The van der Waals surface area contributed by atoms with Gasteiger partial charge in [-0.1, -0.05) is 12.1 Å². The van der Waals surface area contributed by atoms with Crippen molar-refractivity contribution in [2.24, 2.45) is 0 Å². The minimum Gasteiger partial charge on any atom is -0.478 e. The van der Waals surface area contributed by atoms with Crippen molar-refractivity contribution >= 4 is 23.6 Å². The molecule has 7 heteroatoms. The number of carboxylic acid groups (broad SMARTS) is 1. The number of hydrogen-bond acceptors (Lipinski definition) is 5. The highest BCUT2D eigenvalue weighted by Crippen LogP contribution is 2.29. The first-order valence-corrected chi connectivity index (χ1v) is 9.04. The number of rotatable bonds is 5. The zero-order valence-corrected chi connectivity index (χ0v) is 14.8. The van der Waals surface area contributed by atoms with Gasteiger partial charge in [0.15, 0.2) is 0 Å². The molecule has 0 atom stereocenters. The topological polar surface area (TPSA) is 74.0 Å². The molecule has 0 unspecified atom stereocenters. The maximum absolute atomic E-state index is 12.8. The lowest BCUT2D eigenvalue weighted by molar-refractivity contribution is 0.0658. The zero-order chi connectivity index (χ0) is 17.8. The second kappa shape index (κ2) is 7.76. The lowest BCUT2D eigenvalue weighted by Crippen LogP contribution is -2.47. The van der Waals surface area contributed by atoms with Crippen LogP contribution in [0, 0.1) is 0 Å². The number of thioether (sulfide) groups is 1. The van der Waals surface area contributed by atoms with E-state index in [4.69, 9.17) is 9.52 Å². The van der Waals surface area contributed by atoms with Gasteiger partial charge in [-0.3, -0.25) is 4.79 Å². The molecule has 1 amide bonds. The normalized spacial score (nSPS) is 15.3. The van der Waals surface area contributed by atoms with Crippen LogP contribution >= 0.6 is 11.8 Å². The molecule has 3 rings (SSSR count). The van der Waals surface area contributed by atoms with E-state index in [-0.39, 0.29) is 11.5 Å². The summed E-state index contributed by atoms with van der Waals surface area (Å²) in [4.78, 5) is 28.9. The van der Waals surface area contributed by atoms with Crippen LogP contribution in [-0.2, 0) is 5.75 Å². The van der Waals surface area contributed by atoms with Gasteiger partial charge in [0.2, 0.25) is 0 Å². The molecular weight excluding hydrogens is 340 g/mol. The van der Waals surface area contributed by atoms with Gasteiger partial charge in [0.25, 0.3) is 5.91 Å². The number of carbonyl (C=O) groups excluding carboxylic acids is 1. The van der Waals surface area contributed by atoms with E-state index in [0.717, 1.165) is 31.1 Å². The fourth-order valence-electron chi connectivity index (χ4n) is 2.74. The standard InChI is InChI=1S/C18H20N2O4S/c1-19-7-9-20(10-8-19)17(21)14-4-2-3-5-16(14)25-12-15-13(18(22)23)6-11-24-15/h2-6,11H,7-10,12H2,1H3,(H,22,23). The molecule has 0 bridgehead atoms. The number of piperazine rings is 1. The molecule has 1 aliphatic heterocycles. The maximum Gasteiger partial charge on any atom is 0.339 e. The third kappa shape index (κ3) is 4.05. The van der Waals surface area contributed by atoms with Crippen LogP contribution in [-0.4, -0.2) is 60.0 Å². The number of aromatic carboxylic acids is 1. The lowest BCUT2D eigenvalue weighted by atomic mass is 10.2. The average molecular weight is 360 g/mol. The van der Waals surface area contributed by atoms with Crippen molar-refractivity contribution in [1.82, 2.24) is 9.80 Å². The fourth-order valence-corrected chi connectivity index (χ4v) is 3.73. The predicted molar refractivity (Wildman–Crippen MR) is 95.1 cm³/mol. The largest absolute Gasteiger partial charge is 0.478 e. The molecule has 2 aromatic rings. The van der Waals surface area contributed by atoms with Crippen molar-refractivity contribution in [2.75, 3.05) is 33.2 Å². The highest BCUT2D eigenvalue weighted by molar-refractivity contribution is 7.98. The van der Waals surface area contributed by atoms with Crippen molar-refractivity contribution in [3.63, 3.8) is 0 Å². The van der Waals surface area contributed by atoms with E-state index in [0.29, 0.717) is 17.1 Å². The van der Waals surface area contributed by atoms with Gasteiger partial charge >= 0.3 is 5.97 Å². The SMILES string of the molecule is CN1CCN(C(=O)c2ccccc2SCc2occc2C(=O)O)CC1. The van der Waals surface area contributed by atoms with Gasteiger partial charge in [0.1, 0.15) is 11.3 Å². The Balaban J connectivity index is 1.73. The number of furan rings is 1. The van der Waals surface area contributed by atoms with Crippen LogP contribution in [0.15, 0.2) is 45.9 Å². The molecular formula is C18H20N2O4S. The molecule has 1 aromatic heterocycles. The lowest BCUT2D eigenvalue weighted by Gasteiger charge is -2.32. The van der Waals surface area contributed by atoms with Crippen LogP contribution in [0.4, 0.5) is 0 Å². The molecule has 0 spiro atoms. The van der Waals surface area contributed by atoms with E-state index < -0.39 is 5.97 Å². The minimum atomic E-state index is -1.01. The molecule has 0 saturated carbocycles. The number of carboxylic acids is 1. The van der Waals surface area contributed by atoms with E-state index >= 15 is 0 Å². The summed E-state index contributed by atoms with van der Waals surface area (Å²) >= 11 is 1.41. The number of nitrogens with zero attached hydrogens (tertiary/aromatic N) is 2. The molecule has 1 fully saturated rings. The summed E-state index contributed by atoms with van der Waals surface area (Å²) in [5.74, 6) is -0.221. The molecule has 0 aliphatic carbocycles. The summed E-state index contributed by atoms with van der Waals surface area (Å²) in [5, 5.41) is 9.15. The summed E-state index contributed by atoms with van der Waals surface area (Å²) in [6.45, 7) is 3.18. The first-order chi connectivity index (χ1) is 12.1. The highest BCUT2D eigenvalue weighted by Gasteiger charge is 2.23. The Morgan fingerprint density at radius 1 is 1.12 bits per heavy atom. The van der Waals surface area contributed by atoms with Crippen molar-refractivity contribution < 1.29 is 19.1 Å². The monoisotopic (exact) mass is 360 g/mol. The summed E-state index contributed by atoms with van der Waals surface area (Å²) in [5.41, 5.74) is 0.816. The Hall–Kier alpha value is -2.25. The molecule has 1 aliphatic rings. The van der Waals surface area contributed by atoms with Crippen LogP contribution in [0.2, 0.25) is 0 Å². The molecule has 6 nitrogen and oxygen atoms in total. The molecule has 2 heterocycles. The first-order valence-electron chi connectivity index (χ1n) is 8.05. The molecule has 1 saturated heterocycles. The van der Waals surface area contributed by atoms with E-state index in [9.17, 15) is 9.59 Å².